The molecule has 98 valence electrons. The predicted molar refractivity (Wildman–Crippen MR) is 73.8 cm³/mol. The standard InChI is InChI=1S/C14H19ClN2O/c1-2-17(12-7-8-16-10-12)14(18)9-11-5-3-4-6-13(11)15/h3-6,12,16H,2,7-10H2,1H3. The number of benzene rings is 1. The summed E-state index contributed by atoms with van der Waals surface area (Å²) < 4.78 is 0. The SMILES string of the molecule is CCN(C(=O)Cc1ccccc1Cl)C1CCNC1. The Morgan fingerprint density at radius 2 is 2.28 bits per heavy atom. The Kier molecular flexibility index (Phi) is 4.61. The molecule has 0 bridgehead atoms. The maximum atomic E-state index is 12.3. The highest BCUT2D eigenvalue weighted by atomic mass is 35.5. The van der Waals surface area contributed by atoms with Gasteiger partial charge in [0.05, 0.1) is 6.42 Å². The number of nitrogens with zero attached hydrogens (tertiary/aromatic N) is 1. The Balaban J connectivity index is 2.03. The van der Waals surface area contributed by atoms with Crippen LogP contribution in [0.3, 0.4) is 0 Å². The van der Waals surface area contributed by atoms with Crippen LogP contribution in [0.25, 0.3) is 0 Å². The van der Waals surface area contributed by atoms with Gasteiger partial charge in [-0.1, -0.05) is 29.8 Å². The maximum absolute atomic E-state index is 12.3. The number of carbonyl (C=O) groups excluding carboxylic acids is 1. The van der Waals surface area contributed by atoms with Gasteiger partial charge in [-0.2, -0.15) is 0 Å². The van der Waals surface area contributed by atoms with Crippen molar-refractivity contribution in [1.29, 1.82) is 0 Å². The van der Waals surface area contributed by atoms with Crippen LogP contribution in [0.2, 0.25) is 5.02 Å². The normalized spacial score (nSPS) is 18.9. The third-order valence-electron chi connectivity index (χ3n) is 3.44. The fourth-order valence-corrected chi connectivity index (χ4v) is 2.65. The zero-order valence-corrected chi connectivity index (χ0v) is 11.4. The fourth-order valence-electron chi connectivity index (χ4n) is 2.45. The first kappa shape index (κ1) is 13.4. The van der Waals surface area contributed by atoms with Crippen LogP contribution in [-0.4, -0.2) is 36.5 Å². The molecule has 1 aromatic carbocycles. The highest BCUT2D eigenvalue weighted by Gasteiger charge is 2.25. The molecule has 1 aromatic rings. The molecule has 1 heterocycles. The fraction of sp³-hybridized carbons (Fsp3) is 0.500. The van der Waals surface area contributed by atoms with Crippen LogP contribution in [0.1, 0.15) is 18.9 Å². The zero-order valence-electron chi connectivity index (χ0n) is 10.7. The van der Waals surface area contributed by atoms with Gasteiger partial charge in [0.1, 0.15) is 0 Å². The van der Waals surface area contributed by atoms with Crippen molar-refractivity contribution in [2.75, 3.05) is 19.6 Å². The molecule has 1 atom stereocenters. The lowest BCUT2D eigenvalue weighted by Crippen LogP contribution is -2.42. The number of likely N-dealkylation sites (N-methyl/N-ethyl adjacent to an activating group) is 1. The summed E-state index contributed by atoms with van der Waals surface area (Å²) in [6, 6.07) is 7.89. The molecule has 1 amide bonds. The molecular formula is C14H19ClN2O. The van der Waals surface area contributed by atoms with Crippen LogP contribution in [0.4, 0.5) is 0 Å². The Hall–Kier alpha value is -1.06. The van der Waals surface area contributed by atoms with Crippen molar-refractivity contribution >= 4 is 17.5 Å². The Morgan fingerprint density at radius 3 is 2.89 bits per heavy atom. The van der Waals surface area contributed by atoms with E-state index < -0.39 is 0 Å². The molecule has 1 unspecified atom stereocenters. The first-order valence-electron chi connectivity index (χ1n) is 6.46. The molecule has 0 saturated carbocycles. The highest BCUT2D eigenvalue weighted by Crippen LogP contribution is 2.17. The summed E-state index contributed by atoms with van der Waals surface area (Å²) in [7, 11) is 0. The molecule has 0 radical (unpaired) electrons. The van der Waals surface area contributed by atoms with E-state index in [1.54, 1.807) is 0 Å². The second-order valence-corrected chi connectivity index (χ2v) is 5.00. The number of amides is 1. The number of carbonyl (C=O) groups is 1. The summed E-state index contributed by atoms with van der Waals surface area (Å²) in [6.07, 6.45) is 1.44. The highest BCUT2D eigenvalue weighted by molar-refractivity contribution is 6.31. The first-order chi connectivity index (χ1) is 8.72. The van der Waals surface area contributed by atoms with E-state index in [2.05, 4.69) is 5.32 Å². The lowest BCUT2D eigenvalue weighted by Gasteiger charge is -2.27. The van der Waals surface area contributed by atoms with E-state index in [9.17, 15) is 4.79 Å². The van der Waals surface area contributed by atoms with E-state index in [1.807, 2.05) is 36.1 Å². The number of nitrogens with one attached hydrogen (secondary N) is 1. The average molecular weight is 267 g/mol. The van der Waals surface area contributed by atoms with Crippen molar-refractivity contribution < 1.29 is 4.79 Å². The topological polar surface area (TPSA) is 32.3 Å². The van der Waals surface area contributed by atoms with E-state index >= 15 is 0 Å². The van der Waals surface area contributed by atoms with E-state index in [4.69, 9.17) is 11.6 Å². The third kappa shape index (κ3) is 3.03. The summed E-state index contributed by atoms with van der Waals surface area (Å²) in [6.45, 7) is 4.70. The van der Waals surface area contributed by atoms with Gasteiger partial charge in [0, 0.05) is 24.2 Å². The van der Waals surface area contributed by atoms with Gasteiger partial charge >= 0.3 is 0 Å². The second-order valence-electron chi connectivity index (χ2n) is 4.59. The van der Waals surface area contributed by atoms with Gasteiger partial charge in [0.25, 0.3) is 0 Å². The lowest BCUT2D eigenvalue weighted by molar-refractivity contribution is -0.132. The van der Waals surface area contributed by atoms with Gasteiger partial charge in [0.2, 0.25) is 5.91 Å². The van der Waals surface area contributed by atoms with E-state index in [0.717, 1.165) is 31.6 Å². The van der Waals surface area contributed by atoms with Crippen LogP contribution in [0, 0.1) is 0 Å². The number of rotatable bonds is 4. The molecule has 18 heavy (non-hydrogen) atoms. The summed E-state index contributed by atoms with van der Waals surface area (Å²) in [5, 5.41) is 3.97. The van der Waals surface area contributed by atoms with Crippen LogP contribution in [0.15, 0.2) is 24.3 Å². The van der Waals surface area contributed by atoms with E-state index in [-0.39, 0.29) is 5.91 Å². The van der Waals surface area contributed by atoms with Crippen LogP contribution in [-0.2, 0) is 11.2 Å². The molecule has 1 N–H and O–H groups in total. The van der Waals surface area contributed by atoms with Gasteiger partial charge in [-0.05, 0) is 31.5 Å². The molecule has 0 spiro atoms. The predicted octanol–water partition coefficient (Wildman–Crippen LogP) is 2.09. The minimum absolute atomic E-state index is 0.166. The van der Waals surface area contributed by atoms with E-state index in [0.29, 0.717) is 17.5 Å². The van der Waals surface area contributed by atoms with Crippen LogP contribution >= 0.6 is 11.6 Å². The van der Waals surface area contributed by atoms with Crippen molar-refractivity contribution in [2.45, 2.75) is 25.8 Å². The van der Waals surface area contributed by atoms with Crippen molar-refractivity contribution in [2.24, 2.45) is 0 Å². The molecule has 4 heteroatoms. The van der Waals surface area contributed by atoms with Crippen molar-refractivity contribution in [1.82, 2.24) is 10.2 Å². The van der Waals surface area contributed by atoms with Gasteiger partial charge < -0.3 is 10.2 Å². The van der Waals surface area contributed by atoms with Gasteiger partial charge in [0.15, 0.2) is 0 Å². The van der Waals surface area contributed by atoms with Gasteiger partial charge in [-0.25, -0.2) is 0 Å². The molecular weight excluding hydrogens is 248 g/mol. The number of halogens is 1. The molecule has 1 aliphatic heterocycles. The van der Waals surface area contributed by atoms with Crippen molar-refractivity contribution in [3.8, 4) is 0 Å². The monoisotopic (exact) mass is 266 g/mol. The van der Waals surface area contributed by atoms with E-state index in [1.165, 1.54) is 0 Å². The summed E-state index contributed by atoms with van der Waals surface area (Å²) in [4.78, 5) is 14.3. The zero-order chi connectivity index (χ0) is 13.0. The van der Waals surface area contributed by atoms with Gasteiger partial charge in [-0.3, -0.25) is 4.79 Å². The minimum atomic E-state index is 0.166. The molecule has 2 rings (SSSR count). The summed E-state index contributed by atoms with van der Waals surface area (Å²) in [5.41, 5.74) is 0.911. The van der Waals surface area contributed by atoms with Crippen molar-refractivity contribution in [3.05, 3.63) is 34.9 Å². The van der Waals surface area contributed by atoms with Crippen molar-refractivity contribution in [3.63, 3.8) is 0 Å². The Bertz CT molecular complexity index is 416. The molecule has 1 saturated heterocycles. The minimum Gasteiger partial charge on any atom is -0.338 e. The summed E-state index contributed by atoms with van der Waals surface area (Å²) in [5.74, 6) is 0.166. The lowest BCUT2D eigenvalue weighted by atomic mass is 10.1. The number of hydrogen-bond acceptors (Lipinski definition) is 2. The first-order valence-corrected chi connectivity index (χ1v) is 6.83. The second kappa shape index (κ2) is 6.21. The number of hydrogen-bond donors (Lipinski definition) is 1. The van der Waals surface area contributed by atoms with Crippen LogP contribution < -0.4 is 5.32 Å². The quantitative estimate of drug-likeness (QED) is 0.905. The van der Waals surface area contributed by atoms with Crippen LogP contribution in [0.5, 0.6) is 0 Å². The maximum Gasteiger partial charge on any atom is 0.227 e. The Morgan fingerprint density at radius 1 is 1.50 bits per heavy atom. The smallest absolute Gasteiger partial charge is 0.227 e. The average Bonchev–Trinajstić information content (AvgIpc) is 2.87. The molecule has 0 aliphatic carbocycles. The largest absolute Gasteiger partial charge is 0.338 e. The van der Waals surface area contributed by atoms with Gasteiger partial charge in [-0.15, -0.1) is 0 Å². The molecule has 1 fully saturated rings. The third-order valence-corrected chi connectivity index (χ3v) is 3.80. The molecule has 0 aromatic heterocycles. The molecule has 1 aliphatic rings. The molecule has 3 nitrogen and oxygen atoms in total. The summed E-state index contributed by atoms with van der Waals surface area (Å²) >= 11 is 6.09. The Labute approximate surface area is 113 Å².